The predicted molar refractivity (Wildman–Crippen MR) is 67.5 cm³/mol. The summed E-state index contributed by atoms with van der Waals surface area (Å²) in [5.41, 5.74) is -0.327. The quantitative estimate of drug-likeness (QED) is 0.681. The molecule has 0 radical (unpaired) electrons. The third-order valence-corrected chi connectivity index (χ3v) is 6.85. The summed E-state index contributed by atoms with van der Waals surface area (Å²) in [6.45, 7) is 8.89. The van der Waals surface area contributed by atoms with Crippen molar-refractivity contribution < 1.29 is 10.2 Å². The van der Waals surface area contributed by atoms with Gasteiger partial charge < -0.3 is 10.2 Å². The molecular formula is C15H26O2. The van der Waals surface area contributed by atoms with Crippen molar-refractivity contribution in [1.82, 2.24) is 0 Å². The van der Waals surface area contributed by atoms with E-state index in [9.17, 15) is 10.2 Å². The van der Waals surface area contributed by atoms with E-state index in [1.165, 1.54) is 6.42 Å². The average Bonchev–Trinajstić information content (AvgIpc) is 2.46. The first-order valence-corrected chi connectivity index (χ1v) is 7.08. The molecule has 0 aliphatic heterocycles. The molecule has 0 aromatic rings. The standard InChI is InChI=1S/C15H26O2/c1-12(2)9-15-10(12)5-7-13(15,3)11(16)6-8-14(15,4)17/h10-11,16-17H,5-9H2,1-4H3/t10-,11+,13-,14+,15-/m0/s1. The van der Waals surface area contributed by atoms with Gasteiger partial charge in [-0.2, -0.15) is 0 Å². The van der Waals surface area contributed by atoms with Crippen LogP contribution in [0.1, 0.15) is 59.8 Å². The van der Waals surface area contributed by atoms with Crippen molar-refractivity contribution in [2.45, 2.75) is 71.5 Å². The topological polar surface area (TPSA) is 40.5 Å². The summed E-state index contributed by atoms with van der Waals surface area (Å²) in [7, 11) is 0. The Bertz CT molecular complexity index is 360. The smallest absolute Gasteiger partial charge is 0.0685 e. The van der Waals surface area contributed by atoms with Gasteiger partial charge in [-0.05, 0) is 50.4 Å². The molecule has 3 aliphatic rings. The lowest BCUT2D eigenvalue weighted by Gasteiger charge is -2.71. The van der Waals surface area contributed by atoms with E-state index >= 15 is 0 Å². The first kappa shape index (κ1) is 12.0. The SMILES string of the molecule is CC1(C)C[C@]23[C@H]1CC[C@@]2(C)[C@H](O)CC[C@@]3(C)O. The first-order valence-electron chi connectivity index (χ1n) is 7.08. The number of aliphatic hydroxyl groups excluding tert-OH is 1. The highest BCUT2D eigenvalue weighted by Crippen LogP contribution is 2.79. The molecule has 17 heavy (non-hydrogen) atoms. The van der Waals surface area contributed by atoms with Gasteiger partial charge in [0.2, 0.25) is 0 Å². The van der Waals surface area contributed by atoms with Crippen molar-refractivity contribution in [1.29, 1.82) is 0 Å². The van der Waals surface area contributed by atoms with Crippen LogP contribution >= 0.6 is 0 Å². The van der Waals surface area contributed by atoms with Crippen molar-refractivity contribution in [3.8, 4) is 0 Å². The molecule has 3 aliphatic carbocycles. The van der Waals surface area contributed by atoms with Crippen LogP contribution in [-0.2, 0) is 0 Å². The minimum atomic E-state index is -0.586. The Morgan fingerprint density at radius 3 is 2.24 bits per heavy atom. The van der Waals surface area contributed by atoms with Gasteiger partial charge in [-0.25, -0.2) is 0 Å². The lowest BCUT2D eigenvalue weighted by atomic mass is 9.35. The van der Waals surface area contributed by atoms with Gasteiger partial charge in [0, 0.05) is 10.8 Å². The van der Waals surface area contributed by atoms with Crippen molar-refractivity contribution in [2.24, 2.45) is 22.2 Å². The normalized spacial score (nSPS) is 60.4. The highest BCUT2D eigenvalue weighted by Gasteiger charge is 2.77. The third-order valence-electron chi connectivity index (χ3n) is 6.85. The van der Waals surface area contributed by atoms with E-state index in [1.54, 1.807) is 0 Å². The summed E-state index contributed by atoms with van der Waals surface area (Å²) in [5.74, 6) is 0.588. The molecule has 3 fully saturated rings. The molecule has 0 aromatic carbocycles. The number of aliphatic hydroxyl groups is 2. The van der Waals surface area contributed by atoms with E-state index in [1.807, 2.05) is 6.92 Å². The highest BCUT2D eigenvalue weighted by molar-refractivity contribution is 5.26. The van der Waals surface area contributed by atoms with Gasteiger partial charge in [0.05, 0.1) is 11.7 Å². The molecule has 0 saturated heterocycles. The van der Waals surface area contributed by atoms with E-state index in [2.05, 4.69) is 20.8 Å². The summed E-state index contributed by atoms with van der Waals surface area (Å²) in [5, 5.41) is 21.4. The van der Waals surface area contributed by atoms with Crippen LogP contribution in [-0.4, -0.2) is 21.9 Å². The number of hydrogen-bond acceptors (Lipinski definition) is 2. The van der Waals surface area contributed by atoms with Gasteiger partial charge in [0.15, 0.2) is 0 Å². The molecule has 0 aromatic heterocycles. The maximum Gasteiger partial charge on any atom is 0.0685 e. The Kier molecular flexibility index (Phi) is 2.05. The second kappa shape index (κ2) is 2.91. The lowest BCUT2D eigenvalue weighted by Crippen LogP contribution is -2.71. The second-order valence-electron chi connectivity index (χ2n) is 7.97. The van der Waals surface area contributed by atoms with Gasteiger partial charge in [0.1, 0.15) is 0 Å². The van der Waals surface area contributed by atoms with Crippen molar-refractivity contribution >= 4 is 0 Å². The zero-order chi connectivity index (χ0) is 12.7. The van der Waals surface area contributed by atoms with Gasteiger partial charge in [0.25, 0.3) is 0 Å². The molecular weight excluding hydrogens is 212 g/mol. The fraction of sp³-hybridized carbons (Fsp3) is 1.00. The second-order valence-corrected chi connectivity index (χ2v) is 7.97. The molecule has 3 rings (SSSR count). The van der Waals surface area contributed by atoms with Gasteiger partial charge in [-0.3, -0.25) is 0 Å². The number of hydrogen-bond donors (Lipinski definition) is 2. The van der Waals surface area contributed by atoms with Crippen LogP contribution in [0.5, 0.6) is 0 Å². The monoisotopic (exact) mass is 238 g/mol. The van der Waals surface area contributed by atoms with Crippen LogP contribution in [0.3, 0.4) is 0 Å². The van der Waals surface area contributed by atoms with E-state index in [4.69, 9.17) is 0 Å². The Hall–Kier alpha value is -0.0800. The van der Waals surface area contributed by atoms with Crippen LogP contribution in [0.4, 0.5) is 0 Å². The highest BCUT2D eigenvalue weighted by atomic mass is 16.3. The largest absolute Gasteiger partial charge is 0.393 e. The minimum Gasteiger partial charge on any atom is -0.393 e. The van der Waals surface area contributed by atoms with Crippen LogP contribution in [0.15, 0.2) is 0 Å². The predicted octanol–water partition coefficient (Wildman–Crippen LogP) is 2.72. The van der Waals surface area contributed by atoms with Gasteiger partial charge >= 0.3 is 0 Å². The molecule has 2 N–H and O–H groups in total. The third kappa shape index (κ3) is 1.06. The molecule has 0 unspecified atom stereocenters. The van der Waals surface area contributed by atoms with Crippen molar-refractivity contribution in [3.63, 3.8) is 0 Å². The summed E-state index contributed by atoms with van der Waals surface area (Å²) >= 11 is 0. The van der Waals surface area contributed by atoms with Crippen molar-refractivity contribution in [2.75, 3.05) is 0 Å². The molecule has 98 valence electrons. The Morgan fingerprint density at radius 1 is 1.00 bits per heavy atom. The summed E-state index contributed by atoms with van der Waals surface area (Å²) in [6.07, 6.45) is 4.64. The molecule has 0 amide bonds. The molecule has 1 spiro atoms. The van der Waals surface area contributed by atoms with Crippen LogP contribution < -0.4 is 0 Å². The van der Waals surface area contributed by atoms with Crippen molar-refractivity contribution in [3.05, 3.63) is 0 Å². The zero-order valence-electron chi connectivity index (χ0n) is 11.6. The van der Waals surface area contributed by atoms with E-state index < -0.39 is 5.60 Å². The fourth-order valence-electron chi connectivity index (χ4n) is 6.01. The first-order chi connectivity index (χ1) is 7.67. The molecule has 0 heterocycles. The van der Waals surface area contributed by atoms with Crippen LogP contribution in [0.2, 0.25) is 0 Å². The Labute approximate surface area is 104 Å². The van der Waals surface area contributed by atoms with E-state index in [-0.39, 0.29) is 16.9 Å². The average molecular weight is 238 g/mol. The molecule has 5 atom stereocenters. The van der Waals surface area contributed by atoms with Gasteiger partial charge in [-0.1, -0.05) is 20.8 Å². The summed E-state index contributed by atoms with van der Waals surface area (Å²) in [6, 6.07) is 0. The zero-order valence-corrected chi connectivity index (χ0v) is 11.6. The van der Waals surface area contributed by atoms with Crippen LogP contribution in [0, 0.1) is 22.2 Å². The fourth-order valence-corrected chi connectivity index (χ4v) is 6.01. The lowest BCUT2D eigenvalue weighted by molar-refractivity contribution is -0.290. The summed E-state index contributed by atoms with van der Waals surface area (Å²) in [4.78, 5) is 0. The van der Waals surface area contributed by atoms with E-state index in [0.29, 0.717) is 11.3 Å². The maximum atomic E-state index is 10.9. The molecule has 2 nitrogen and oxygen atoms in total. The Balaban J connectivity index is 2.10. The Morgan fingerprint density at radius 2 is 1.65 bits per heavy atom. The molecule has 2 heteroatoms. The minimum absolute atomic E-state index is 0.0266. The van der Waals surface area contributed by atoms with Crippen LogP contribution in [0.25, 0.3) is 0 Å². The summed E-state index contributed by atoms with van der Waals surface area (Å²) < 4.78 is 0. The molecule has 0 bridgehead atoms. The maximum absolute atomic E-state index is 10.9. The molecule has 3 saturated carbocycles. The van der Waals surface area contributed by atoms with Gasteiger partial charge in [-0.15, -0.1) is 0 Å². The number of rotatable bonds is 0. The van der Waals surface area contributed by atoms with E-state index in [0.717, 1.165) is 25.7 Å².